The Morgan fingerprint density at radius 3 is 2.44 bits per heavy atom. The minimum atomic E-state index is -0.959. The van der Waals surface area contributed by atoms with Gasteiger partial charge in [-0.05, 0) is 32.0 Å². The normalized spacial score (nSPS) is 19.5. The highest BCUT2D eigenvalue weighted by molar-refractivity contribution is 5.21. The van der Waals surface area contributed by atoms with Crippen LogP contribution in [0.4, 0.5) is 8.78 Å². The van der Waals surface area contributed by atoms with Crippen molar-refractivity contribution in [2.75, 3.05) is 19.6 Å². The lowest BCUT2D eigenvalue weighted by atomic mass is 10.1. The summed E-state index contributed by atoms with van der Waals surface area (Å²) in [6, 6.07) is 3.94. The molecule has 1 unspecified atom stereocenters. The van der Waals surface area contributed by atoms with E-state index in [9.17, 15) is 13.9 Å². The van der Waals surface area contributed by atoms with Crippen molar-refractivity contribution >= 4 is 0 Å². The third-order valence-electron chi connectivity index (χ3n) is 3.47. The summed E-state index contributed by atoms with van der Waals surface area (Å²) in [5.41, 5.74) is 0.0549. The number of hydrogen-bond acceptors (Lipinski definition) is 2. The van der Waals surface area contributed by atoms with Gasteiger partial charge in [-0.25, -0.2) is 8.78 Å². The molecule has 0 amide bonds. The van der Waals surface area contributed by atoms with Crippen LogP contribution in [0, 0.1) is 11.6 Å². The molecule has 2 rings (SSSR count). The molecule has 100 valence electrons. The minimum absolute atomic E-state index is 0.0549. The van der Waals surface area contributed by atoms with E-state index in [2.05, 4.69) is 4.90 Å². The molecule has 1 atom stereocenters. The van der Waals surface area contributed by atoms with Gasteiger partial charge in [0.25, 0.3) is 0 Å². The van der Waals surface area contributed by atoms with Gasteiger partial charge in [0.15, 0.2) is 11.6 Å². The predicted molar refractivity (Wildman–Crippen MR) is 66.2 cm³/mol. The van der Waals surface area contributed by atoms with Gasteiger partial charge in [-0.15, -0.1) is 0 Å². The molecule has 1 fully saturated rings. The van der Waals surface area contributed by atoms with Gasteiger partial charge in [0.05, 0.1) is 6.10 Å². The Morgan fingerprint density at radius 2 is 1.78 bits per heavy atom. The smallest absolute Gasteiger partial charge is 0.164 e. The number of benzene rings is 1. The van der Waals surface area contributed by atoms with Crippen molar-refractivity contribution in [2.24, 2.45) is 0 Å². The molecule has 1 aliphatic heterocycles. The van der Waals surface area contributed by atoms with Crippen LogP contribution in [0.2, 0.25) is 0 Å². The molecule has 0 saturated carbocycles. The number of likely N-dealkylation sites (tertiary alicyclic amines) is 1. The fourth-order valence-corrected chi connectivity index (χ4v) is 2.44. The number of aliphatic hydroxyl groups excluding tert-OH is 1. The van der Waals surface area contributed by atoms with Crippen LogP contribution in [0.3, 0.4) is 0 Å². The summed E-state index contributed by atoms with van der Waals surface area (Å²) in [7, 11) is 0. The number of nitrogens with zero attached hydrogens (tertiary/aromatic N) is 1. The highest BCUT2D eigenvalue weighted by Crippen LogP contribution is 2.21. The molecule has 0 bridgehead atoms. The van der Waals surface area contributed by atoms with Crippen LogP contribution >= 0.6 is 0 Å². The Kier molecular flexibility index (Phi) is 4.66. The van der Waals surface area contributed by atoms with Crippen molar-refractivity contribution < 1.29 is 13.9 Å². The summed E-state index contributed by atoms with van der Waals surface area (Å²) >= 11 is 0. The number of β-amino-alcohol motifs (C(OH)–C–C–N with tert-alkyl or cyclic N) is 1. The molecule has 1 aromatic rings. The van der Waals surface area contributed by atoms with Crippen LogP contribution in [-0.2, 0) is 0 Å². The van der Waals surface area contributed by atoms with E-state index in [1.807, 2.05) is 0 Å². The Labute approximate surface area is 106 Å². The molecule has 1 saturated heterocycles. The second kappa shape index (κ2) is 6.25. The Hall–Kier alpha value is -1.00. The van der Waals surface area contributed by atoms with Gasteiger partial charge in [0.1, 0.15) is 0 Å². The number of aliphatic hydroxyl groups is 1. The molecule has 1 heterocycles. The molecule has 0 aliphatic carbocycles. The van der Waals surface area contributed by atoms with Crippen molar-refractivity contribution in [1.82, 2.24) is 4.90 Å². The molecule has 1 aliphatic rings. The van der Waals surface area contributed by atoms with E-state index in [1.165, 1.54) is 25.0 Å². The first-order valence-corrected chi connectivity index (χ1v) is 6.53. The maximum atomic E-state index is 13.5. The zero-order chi connectivity index (χ0) is 13.0. The van der Waals surface area contributed by atoms with Crippen molar-refractivity contribution in [3.63, 3.8) is 0 Å². The molecule has 2 nitrogen and oxygen atoms in total. The van der Waals surface area contributed by atoms with Gasteiger partial charge < -0.3 is 10.0 Å². The molecule has 4 heteroatoms. The summed E-state index contributed by atoms with van der Waals surface area (Å²) in [6.07, 6.45) is 3.68. The van der Waals surface area contributed by atoms with Gasteiger partial charge in [0, 0.05) is 12.1 Å². The zero-order valence-corrected chi connectivity index (χ0v) is 10.4. The van der Waals surface area contributed by atoms with Gasteiger partial charge in [-0.2, -0.15) is 0 Å². The lowest BCUT2D eigenvalue weighted by molar-refractivity contribution is 0.111. The first-order chi connectivity index (χ1) is 8.68. The van der Waals surface area contributed by atoms with Crippen LogP contribution in [0.5, 0.6) is 0 Å². The second-order valence-corrected chi connectivity index (χ2v) is 4.87. The van der Waals surface area contributed by atoms with Crippen molar-refractivity contribution in [3.8, 4) is 0 Å². The van der Waals surface area contributed by atoms with Crippen molar-refractivity contribution in [3.05, 3.63) is 35.4 Å². The summed E-state index contributed by atoms with van der Waals surface area (Å²) in [5, 5.41) is 10.0. The van der Waals surface area contributed by atoms with Crippen LogP contribution in [0.1, 0.15) is 37.4 Å². The van der Waals surface area contributed by atoms with Gasteiger partial charge in [0.2, 0.25) is 0 Å². The summed E-state index contributed by atoms with van der Waals surface area (Å²) in [5.74, 6) is -1.83. The standard InChI is InChI=1S/C14H19F2NO/c15-12-7-5-6-11(14(12)16)13(18)10-17-8-3-1-2-4-9-17/h5-7,13,18H,1-4,8-10H2. The minimum Gasteiger partial charge on any atom is -0.387 e. The zero-order valence-electron chi connectivity index (χ0n) is 10.4. The van der Waals surface area contributed by atoms with E-state index in [-0.39, 0.29) is 5.56 Å². The summed E-state index contributed by atoms with van der Waals surface area (Å²) < 4.78 is 26.6. The highest BCUT2D eigenvalue weighted by Gasteiger charge is 2.19. The van der Waals surface area contributed by atoms with Crippen molar-refractivity contribution in [2.45, 2.75) is 31.8 Å². The topological polar surface area (TPSA) is 23.5 Å². The fraction of sp³-hybridized carbons (Fsp3) is 0.571. The van der Waals surface area contributed by atoms with Crippen LogP contribution < -0.4 is 0 Å². The summed E-state index contributed by atoms with van der Waals surface area (Å²) in [4.78, 5) is 2.13. The van der Waals surface area contributed by atoms with E-state index in [0.29, 0.717) is 6.54 Å². The quantitative estimate of drug-likeness (QED) is 0.897. The number of rotatable bonds is 3. The predicted octanol–water partition coefficient (Wildman–Crippen LogP) is 2.87. The largest absolute Gasteiger partial charge is 0.387 e. The first kappa shape index (κ1) is 13.4. The fourth-order valence-electron chi connectivity index (χ4n) is 2.44. The lowest BCUT2D eigenvalue weighted by Crippen LogP contribution is -2.30. The molecule has 0 spiro atoms. The third-order valence-corrected chi connectivity index (χ3v) is 3.47. The average molecular weight is 255 g/mol. The highest BCUT2D eigenvalue weighted by atomic mass is 19.2. The van der Waals surface area contributed by atoms with Crippen LogP contribution in [0.15, 0.2) is 18.2 Å². The Morgan fingerprint density at radius 1 is 1.11 bits per heavy atom. The van der Waals surface area contributed by atoms with Gasteiger partial charge in [-0.3, -0.25) is 0 Å². The van der Waals surface area contributed by atoms with E-state index < -0.39 is 17.7 Å². The van der Waals surface area contributed by atoms with Gasteiger partial charge >= 0.3 is 0 Å². The van der Waals surface area contributed by atoms with Crippen LogP contribution in [0.25, 0.3) is 0 Å². The summed E-state index contributed by atoms with van der Waals surface area (Å²) in [6.45, 7) is 2.22. The molecular formula is C14H19F2NO. The first-order valence-electron chi connectivity index (χ1n) is 6.53. The second-order valence-electron chi connectivity index (χ2n) is 4.87. The molecule has 0 radical (unpaired) electrons. The van der Waals surface area contributed by atoms with Crippen molar-refractivity contribution in [1.29, 1.82) is 0 Å². The Bertz CT molecular complexity index is 389. The third kappa shape index (κ3) is 3.27. The lowest BCUT2D eigenvalue weighted by Gasteiger charge is -2.23. The molecule has 0 aromatic heterocycles. The Balaban J connectivity index is 2.02. The van der Waals surface area contributed by atoms with Gasteiger partial charge in [-0.1, -0.05) is 25.0 Å². The maximum absolute atomic E-state index is 13.5. The SMILES string of the molecule is OC(CN1CCCCCC1)c1cccc(F)c1F. The monoisotopic (exact) mass is 255 g/mol. The van der Waals surface area contributed by atoms with Crippen LogP contribution in [-0.4, -0.2) is 29.6 Å². The van der Waals surface area contributed by atoms with E-state index >= 15 is 0 Å². The maximum Gasteiger partial charge on any atom is 0.164 e. The molecule has 1 aromatic carbocycles. The van der Waals surface area contributed by atoms with E-state index in [1.54, 1.807) is 0 Å². The number of hydrogen-bond donors (Lipinski definition) is 1. The number of halogens is 2. The molecule has 18 heavy (non-hydrogen) atoms. The average Bonchev–Trinajstić information content (AvgIpc) is 2.61. The van der Waals surface area contributed by atoms with E-state index in [4.69, 9.17) is 0 Å². The van der Waals surface area contributed by atoms with E-state index in [0.717, 1.165) is 32.0 Å². The molecule has 1 N–H and O–H groups in total. The molecular weight excluding hydrogens is 236 g/mol.